The molecule has 0 nitrogen and oxygen atoms in total. The molecule has 3 aromatic rings. The lowest BCUT2D eigenvalue weighted by Crippen LogP contribution is -2.61. The van der Waals surface area contributed by atoms with Crippen LogP contribution in [-0.2, 0) is 12.8 Å². The molecule has 0 aromatic heterocycles. The Balaban J connectivity index is 1.88. The van der Waals surface area contributed by atoms with Gasteiger partial charge in [0.1, 0.15) is 0 Å². The van der Waals surface area contributed by atoms with Crippen LogP contribution >= 0.6 is 0 Å². The fraction of sp³-hybridized carbons (Fsp3) is 0.143. The third-order valence-electron chi connectivity index (χ3n) is 5.28. The summed E-state index contributed by atoms with van der Waals surface area (Å²) in [6, 6.07) is 22.8. The van der Waals surface area contributed by atoms with Crippen LogP contribution in [0.1, 0.15) is 27.8 Å². The van der Waals surface area contributed by atoms with Gasteiger partial charge in [-0.3, -0.25) is 0 Å². The van der Waals surface area contributed by atoms with Gasteiger partial charge >= 0.3 is 0 Å². The van der Waals surface area contributed by atoms with E-state index in [1.165, 1.54) is 38.7 Å². The summed E-state index contributed by atoms with van der Waals surface area (Å²) in [5.74, 6) is 0. The quantitative estimate of drug-likeness (QED) is 0.382. The molecule has 2 aliphatic rings. The van der Waals surface area contributed by atoms with E-state index in [2.05, 4.69) is 67.6 Å². The first-order chi connectivity index (χ1) is 10.8. The summed E-state index contributed by atoms with van der Waals surface area (Å²) in [6.45, 7) is 2.66. The Bertz CT molecular complexity index is 837. The van der Waals surface area contributed by atoms with Crippen molar-refractivity contribution >= 4 is 23.1 Å². The van der Waals surface area contributed by atoms with Crippen molar-refractivity contribution in [1.29, 1.82) is 0 Å². The smallest absolute Gasteiger partial charge is 0.0667 e. The molecule has 22 heavy (non-hydrogen) atoms. The molecule has 0 unspecified atom stereocenters. The molecule has 2 heterocycles. The first-order valence-corrected chi connectivity index (χ1v) is 8.09. The van der Waals surface area contributed by atoms with Gasteiger partial charge in [-0.1, -0.05) is 82.6 Å². The van der Waals surface area contributed by atoms with Crippen LogP contribution in [0, 0.1) is 6.92 Å². The molecule has 0 saturated carbocycles. The lowest BCUT2D eigenvalue weighted by atomic mass is 9.30. The highest BCUT2D eigenvalue weighted by Crippen LogP contribution is 2.23. The van der Waals surface area contributed by atoms with Gasteiger partial charge in [0.05, 0.1) is 0 Å². The molecule has 0 aliphatic carbocycles. The topological polar surface area (TPSA) is 0 Å². The Hall–Kier alpha value is -2.28. The molecular formula is C21H17B. The fourth-order valence-corrected chi connectivity index (χ4v) is 4.46. The maximum atomic E-state index is 2.40. The highest BCUT2D eigenvalue weighted by molar-refractivity contribution is 6.97. The van der Waals surface area contributed by atoms with E-state index in [1.54, 1.807) is 5.46 Å². The molecule has 0 bridgehead atoms. The van der Waals surface area contributed by atoms with Crippen molar-refractivity contribution in [2.75, 3.05) is 0 Å². The van der Waals surface area contributed by atoms with Crippen LogP contribution in [0.25, 0.3) is 0 Å². The average molecular weight is 280 g/mol. The van der Waals surface area contributed by atoms with Gasteiger partial charge in [0.2, 0.25) is 6.71 Å². The van der Waals surface area contributed by atoms with Gasteiger partial charge in [0, 0.05) is 0 Å². The fourth-order valence-electron chi connectivity index (χ4n) is 4.46. The second-order valence-corrected chi connectivity index (χ2v) is 6.68. The second-order valence-electron chi connectivity index (χ2n) is 6.68. The maximum absolute atomic E-state index is 2.40. The molecule has 0 atom stereocenters. The lowest BCUT2D eigenvalue weighted by molar-refractivity contribution is 1.13. The zero-order valence-corrected chi connectivity index (χ0v) is 12.8. The average Bonchev–Trinajstić information content (AvgIpc) is 2.54. The second kappa shape index (κ2) is 4.36. The van der Waals surface area contributed by atoms with Gasteiger partial charge in [-0.25, -0.2) is 0 Å². The minimum Gasteiger partial charge on any atom is -0.0667 e. The van der Waals surface area contributed by atoms with Gasteiger partial charge in [0.15, 0.2) is 0 Å². The van der Waals surface area contributed by atoms with Gasteiger partial charge in [-0.15, -0.1) is 0 Å². The normalized spacial score (nSPS) is 14.1. The largest absolute Gasteiger partial charge is 0.242 e. The predicted octanol–water partition coefficient (Wildman–Crippen LogP) is 2.32. The van der Waals surface area contributed by atoms with Crippen molar-refractivity contribution in [2.45, 2.75) is 19.8 Å². The maximum Gasteiger partial charge on any atom is 0.242 e. The number of rotatable bonds is 0. The Labute approximate surface area is 131 Å². The summed E-state index contributed by atoms with van der Waals surface area (Å²) in [7, 11) is 0. The molecular weight excluding hydrogens is 263 g/mol. The summed E-state index contributed by atoms with van der Waals surface area (Å²) >= 11 is 0. The van der Waals surface area contributed by atoms with E-state index in [4.69, 9.17) is 0 Å². The van der Waals surface area contributed by atoms with Crippen LogP contribution < -0.4 is 16.4 Å². The van der Waals surface area contributed by atoms with Crippen molar-refractivity contribution in [3.05, 3.63) is 88.5 Å². The third kappa shape index (κ3) is 1.60. The minimum atomic E-state index is 0.431. The number of hydrogen-bond donors (Lipinski definition) is 0. The first-order valence-electron chi connectivity index (χ1n) is 8.09. The minimum absolute atomic E-state index is 0.431. The van der Waals surface area contributed by atoms with Crippen molar-refractivity contribution in [2.24, 2.45) is 0 Å². The number of benzene rings is 3. The molecule has 3 aromatic carbocycles. The molecule has 0 radical (unpaired) electrons. The third-order valence-corrected chi connectivity index (χ3v) is 5.28. The highest BCUT2D eigenvalue weighted by atomic mass is 14.2. The molecule has 0 fully saturated rings. The van der Waals surface area contributed by atoms with Crippen LogP contribution in [0.4, 0.5) is 0 Å². The van der Waals surface area contributed by atoms with Crippen molar-refractivity contribution in [3.63, 3.8) is 0 Å². The first kappa shape index (κ1) is 12.3. The van der Waals surface area contributed by atoms with E-state index in [0.29, 0.717) is 6.71 Å². The standard InChI is InChI=1S/C21H17B/c1-14-10-17-12-15-6-2-4-8-19(15)22-20-9-5-3-7-16(20)13-18(11-14)21(17)22/h2-11H,12-13H2,1H3. The van der Waals surface area contributed by atoms with E-state index in [1.807, 2.05) is 0 Å². The predicted molar refractivity (Wildman–Crippen MR) is 94.3 cm³/mol. The van der Waals surface area contributed by atoms with E-state index >= 15 is 0 Å². The van der Waals surface area contributed by atoms with Gasteiger partial charge in [-0.05, 0) is 42.0 Å². The molecule has 0 saturated heterocycles. The summed E-state index contributed by atoms with van der Waals surface area (Å²) in [5.41, 5.74) is 12.1. The van der Waals surface area contributed by atoms with Crippen LogP contribution in [0.3, 0.4) is 0 Å². The van der Waals surface area contributed by atoms with Crippen LogP contribution in [0.2, 0.25) is 0 Å². The summed E-state index contributed by atoms with van der Waals surface area (Å²) in [4.78, 5) is 0. The molecule has 0 N–H and O–H groups in total. The van der Waals surface area contributed by atoms with Crippen molar-refractivity contribution in [3.8, 4) is 0 Å². The molecule has 0 spiro atoms. The van der Waals surface area contributed by atoms with E-state index < -0.39 is 0 Å². The molecule has 0 amide bonds. The molecule has 2 aliphatic heterocycles. The zero-order chi connectivity index (χ0) is 14.7. The van der Waals surface area contributed by atoms with E-state index in [9.17, 15) is 0 Å². The van der Waals surface area contributed by atoms with Gasteiger partial charge in [-0.2, -0.15) is 0 Å². The van der Waals surface area contributed by atoms with E-state index in [0.717, 1.165) is 12.8 Å². The monoisotopic (exact) mass is 280 g/mol. The van der Waals surface area contributed by atoms with E-state index in [-0.39, 0.29) is 0 Å². The molecule has 1 heteroatoms. The summed E-state index contributed by atoms with van der Waals surface area (Å²) in [6.07, 6.45) is 2.16. The summed E-state index contributed by atoms with van der Waals surface area (Å²) in [5, 5.41) is 0. The number of fused-ring (bicyclic) bond motifs is 4. The Morgan fingerprint density at radius 3 is 1.73 bits per heavy atom. The highest BCUT2D eigenvalue weighted by Gasteiger charge is 2.36. The van der Waals surface area contributed by atoms with Crippen LogP contribution in [0.5, 0.6) is 0 Å². The number of aryl methyl sites for hydroxylation is 1. The van der Waals surface area contributed by atoms with Gasteiger partial charge in [0.25, 0.3) is 0 Å². The Kier molecular flexibility index (Phi) is 2.44. The van der Waals surface area contributed by atoms with Gasteiger partial charge < -0.3 is 0 Å². The Morgan fingerprint density at radius 1 is 0.682 bits per heavy atom. The SMILES string of the molecule is Cc1cc2c3c(c1)Cc1ccccc1B3c1ccccc1C2. The molecule has 5 rings (SSSR count). The zero-order valence-electron chi connectivity index (χ0n) is 12.8. The Morgan fingerprint density at radius 2 is 1.18 bits per heavy atom. The molecule has 104 valence electrons. The van der Waals surface area contributed by atoms with Crippen molar-refractivity contribution in [1.82, 2.24) is 0 Å². The van der Waals surface area contributed by atoms with Crippen LogP contribution in [-0.4, -0.2) is 6.71 Å². The van der Waals surface area contributed by atoms with Crippen molar-refractivity contribution < 1.29 is 0 Å². The number of hydrogen-bond acceptors (Lipinski definition) is 0. The summed E-state index contributed by atoms with van der Waals surface area (Å²) < 4.78 is 0. The van der Waals surface area contributed by atoms with Crippen LogP contribution in [0.15, 0.2) is 60.7 Å². The lowest BCUT2D eigenvalue weighted by Gasteiger charge is -2.34.